The lowest BCUT2D eigenvalue weighted by atomic mass is 9.98. The molecule has 0 radical (unpaired) electrons. The zero-order valence-electron chi connectivity index (χ0n) is 10.8. The molecule has 1 nitrogen and oxygen atoms in total. The van der Waals surface area contributed by atoms with Crippen LogP contribution in [0.3, 0.4) is 0 Å². The van der Waals surface area contributed by atoms with Gasteiger partial charge < -0.3 is 0 Å². The predicted octanol–water partition coefficient (Wildman–Crippen LogP) is 4.32. The molecule has 0 aliphatic carbocycles. The summed E-state index contributed by atoms with van der Waals surface area (Å²) in [6.07, 6.45) is 4.23. The Hall–Kier alpha value is -1.63. The highest BCUT2D eigenvalue weighted by Gasteiger charge is 2.05. The van der Waals surface area contributed by atoms with E-state index in [1.165, 1.54) is 27.9 Å². The molecule has 0 aliphatic heterocycles. The normalized spacial score (nSPS) is 10.5. The molecule has 2 aromatic rings. The van der Waals surface area contributed by atoms with Crippen molar-refractivity contribution in [3.05, 3.63) is 53.3 Å². The molecule has 0 unspecified atom stereocenters. The maximum absolute atomic E-state index is 4.55. The number of aryl methyl sites for hydroxylation is 3. The topological polar surface area (TPSA) is 12.9 Å². The Morgan fingerprint density at radius 1 is 1.00 bits per heavy atom. The number of nitrogens with zero attached hydrogens (tertiary/aromatic N) is 1. The number of hydrogen-bond donors (Lipinski definition) is 0. The maximum atomic E-state index is 4.55. The first kappa shape index (κ1) is 11.8. The molecular formula is C16H19N. The molecule has 0 aliphatic rings. The van der Waals surface area contributed by atoms with Crippen molar-refractivity contribution < 1.29 is 0 Å². The van der Waals surface area contributed by atoms with Crippen LogP contribution < -0.4 is 0 Å². The number of rotatable bonds is 3. The fraction of sp³-hybridized carbons (Fsp3) is 0.312. The van der Waals surface area contributed by atoms with Crippen molar-refractivity contribution in [1.82, 2.24) is 4.98 Å². The molecule has 1 heterocycles. The van der Waals surface area contributed by atoms with Crippen LogP contribution >= 0.6 is 0 Å². The van der Waals surface area contributed by atoms with E-state index in [-0.39, 0.29) is 0 Å². The molecule has 17 heavy (non-hydrogen) atoms. The van der Waals surface area contributed by atoms with Crippen LogP contribution in [0.15, 0.2) is 36.5 Å². The second kappa shape index (κ2) is 5.13. The second-order valence-electron chi connectivity index (χ2n) is 4.56. The summed E-state index contributed by atoms with van der Waals surface area (Å²) in [4.78, 5) is 4.55. The van der Waals surface area contributed by atoms with Crippen LogP contribution in [-0.2, 0) is 6.42 Å². The molecule has 1 heteroatoms. The third-order valence-corrected chi connectivity index (χ3v) is 3.11. The molecule has 0 bridgehead atoms. The van der Waals surface area contributed by atoms with E-state index < -0.39 is 0 Å². The van der Waals surface area contributed by atoms with Crippen LogP contribution in [0.5, 0.6) is 0 Å². The molecule has 0 atom stereocenters. The summed E-state index contributed by atoms with van der Waals surface area (Å²) in [6.45, 7) is 6.50. The highest BCUT2D eigenvalue weighted by atomic mass is 14.7. The van der Waals surface area contributed by atoms with Crippen molar-refractivity contribution in [2.24, 2.45) is 0 Å². The Morgan fingerprint density at radius 2 is 1.76 bits per heavy atom. The molecule has 1 aromatic carbocycles. The third-order valence-electron chi connectivity index (χ3n) is 3.11. The van der Waals surface area contributed by atoms with Crippen molar-refractivity contribution in [3.8, 4) is 11.1 Å². The van der Waals surface area contributed by atoms with E-state index in [2.05, 4.69) is 56.1 Å². The minimum absolute atomic E-state index is 1.06. The van der Waals surface area contributed by atoms with Gasteiger partial charge in [-0.25, -0.2) is 0 Å². The first-order chi connectivity index (χ1) is 8.22. The molecule has 0 fully saturated rings. The molecule has 2 rings (SSSR count). The molecule has 0 saturated carbocycles. The summed E-state index contributed by atoms with van der Waals surface area (Å²) in [6, 6.07) is 10.7. The van der Waals surface area contributed by atoms with Gasteiger partial charge in [-0.3, -0.25) is 4.98 Å². The fourth-order valence-corrected chi connectivity index (χ4v) is 2.16. The quantitative estimate of drug-likeness (QED) is 0.758. The Balaban J connectivity index is 2.44. The lowest BCUT2D eigenvalue weighted by molar-refractivity contribution is 0.880. The van der Waals surface area contributed by atoms with Crippen LogP contribution in [-0.4, -0.2) is 4.98 Å². The Labute approximate surface area is 104 Å². The summed E-state index contributed by atoms with van der Waals surface area (Å²) in [5.41, 5.74) is 6.37. The fourth-order valence-electron chi connectivity index (χ4n) is 2.16. The monoisotopic (exact) mass is 225 g/mol. The Bertz CT molecular complexity index is 515. The lowest BCUT2D eigenvalue weighted by Crippen LogP contribution is -1.94. The third kappa shape index (κ3) is 2.55. The van der Waals surface area contributed by atoms with Gasteiger partial charge >= 0.3 is 0 Å². The zero-order valence-corrected chi connectivity index (χ0v) is 10.8. The zero-order chi connectivity index (χ0) is 12.3. The number of pyridine rings is 1. The van der Waals surface area contributed by atoms with Gasteiger partial charge in [0.15, 0.2) is 0 Å². The standard InChI is InChI=1S/C16H19N/c1-4-7-14-10-13(3)16(11-17-14)15-9-6-5-8-12(15)2/h5-6,8-11H,4,7H2,1-3H3. The minimum atomic E-state index is 1.06. The molecular weight excluding hydrogens is 206 g/mol. The van der Waals surface area contributed by atoms with E-state index >= 15 is 0 Å². The van der Waals surface area contributed by atoms with E-state index in [1.54, 1.807) is 0 Å². The number of benzene rings is 1. The van der Waals surface area contributed by atoms with Gasteiger partial charge in [-0.15, -0.1) is 0 Å². The smallest absolute Gasteiger partial charge is 0.0406 e. The van der Waals surface area contributed by atoms with Crippen molar-refractivity contribution in [2.45, 2.75) is 33.6 Å². The van der Waals surface area contributed by atoms with E-state index in [9.17, 15) is 0 Å². The van der Waals surface area contributed by atoms with E-state index in [0.717, 1.165) is 12.8 Å². The summed E-state index contributed by atoms with van der Waals surface area (Å²) < 4.78 is 0. The van der Waals surface area contributed by atoms with Gasteiger partial charge in [0.05, 0.1) is 0 Å². The van der Waals surface area contributed by atoms with Gasteiger partial charge in [0.25, 0.3) is 0 Å². The van der Waals surface area contributed by atoms with E-state index in [1.807, 2.05) is 6.20 Å². The van der Waals surface area contributed by atoms with Crippen LogP contribution in [0.1, 0.15) is 30.2 Å². The average Bonchev–Trinajstić information content (AvgIpc) is 2.31. The molecule has 0 spiro atoms. The predicted molar refractivity (Wildman–Crippen MR) is 73.1 cm³/mol. The van der Waals surface area contributed by atoms with E-state index in [4.69, 9.17) is 0 Å². The average molecular weight is 225 g/mol. The van der Waals surface area contributed by atoms with Gasteiger partial charge in [0.2, 0.25) is 0 Å². The molecule has 0 saturated heterocycles. The SMILES string of the molecule is CCCc1cc(C)c(-c2ccccc2C)cn1. The van der Waals surface area contributed by atoms with Crippen LogP contribution in [0.2, 0.25) is 0 Å². The van der Waals surface area contributed by atoms with Crippen molar-refractivity contribution >= 4 is 0 Å². The van der Waals surface area contributed by atoms with Gasteiger partial charge in [0.1, 0.15) is 0 Å². The number of aromatic nitrogens is 1. The largest absolute Gasteiger partial charge is 0.261 e. The lowest BCUT2D eigenvalue weighted by Gasteiger charge is -2.10. The minimum Gasteiger partial charge on any atom is -0.261 e. The molecule has 88 valence electrons. The van der Waals surface area contributed by atoms with Gasteiger partial charge in [-0.05, 0) is 43.0 Å². The second-order valence-corrected chi connectivity index (χ2v) is 4.56. The highest BCUT2D eigenvalue weighted by Crippen LogP contribution is 2.26. The van der Waals surface area contributed by atoms with Gasteiger partial charge in [-0.2, -0.15) is 0 Å². The Morgan fingerprint density at radius 3 is 2.41 bits per heavy atom. The van der Waals surface area contributed by atoms with Crippen molar-refractivity contribution in [1.29, 1.82) is 0 Å². The van der Waals surface area contributed by atoms with Crippen molar-refractivity contribution in [3.63, 3.8) is 0 Å². The molecule has 0 N–H and O–H groups in total. The Kier molecular flexibility index (Phi) is 3.58. The summed E-state index contributed by atoms with van der Waals surface area (Å²) in [5, 5.41) is 0. The molecule has 1 aromatic heterocycles. The molecule has 0 amide bonds. The summed E-state index contributed by atoms with van der Waals surface area (Å²) in [7, 11) is 0. The van der Waals surface area contributed by atoms with E-state index in [0.29, 0.717) is 0 Å². The van der Waals surface area contributed by atoms with Crippen LogP contribution in [0, 0.1) is 13.8 Å². The summed E-state index contributed by atoms with van der Waals surface area (Å²) >= 11 is 0. The van der Waals surface area contributed by atoms with Crippen molar-refractivity contribution in [2.75, 3.05) is 0 Å². The van der Waals surface area contributed by atoms with Crippen LogP contribution in [0.4, 0.5) is 0 Å². The summed E-state index contributed by atoms with van der Waals surface area (Å²) in [5.74, 6) is 0. The van der Waals surface area contributed by atoms with Gasteiger partial charge in [-0.1, -0.05) is 37.6 Å². The highest BCUT2D eigenvalue weighted by molar-refractivity contribution is 5.69. The number of hydrogen-bond acceptors (Lipinski definition) is 1. The first-order valence-corrected chi connectivity index (χ1v) is 6.24. The first-order valence-electron chi connectivity index (χ1n) is 6.24. The van der Waals surface area contributed by atoms with Crippen LogP contribution in [0.25, 0.3) is 11.1 Å². The van der Waals surface area contributed by atoms with Gasteiger partial charge in [0, 0.05) is 17.5 Å². The maximum Gasteiger partial charge on any atom is 0.0406 e.